The Morgan fingerprint density at radius 2 is 1.94 bits per heavy atom. The van der Waals surface area contributed by atoms with Crippen molar-refractivity contribution >= 4 is 5.69 Å². The molecule has 98 valence electrons. The highest BCUT2D eigenvalue weighted by molar-refractivity contribution is 5.65. The number of para-hydroxylation sites is 1. The van der Waals surface area contributed by atoms with E-state index in [9.17, 15) is 5.11 Å². The summed E-state index contributed by atoms with van der Waals surface area (Å²) in [6.45, 7) is 4.46. The van der Waals surface area contributed by atoms with Gasteiger partial charge in [-0.3, -0.25) is 0 Å². The van der Waals surface area contributed by atoms with E-state index in [0.29, 0.717) is 0 Å². The van der Waals surface area contributed by atoms with E-state index in [1.54, 1.807) is 0 Å². The van der Waals surface area contributed by atoms with Gasteiger partial charge in [-0.15, -0.1) is 0 Å². The summed E-state index contributed by atoms with van der Waals surface area (Å²) >= 11 is 0. The third-order valence-electron chi connectivity index (χ3n) is 3.27. The van der Waals surface area contributed by atoms with Gasteiger partial charge >= 0.3 is 0 Å². The number of piperazine rings is 1. The molecule has 2 heterocycles. The number of hydrogen-bond acceptors (Lipinski definition) is 5. The molecule has 1 fully saturated rings. The van der Waals surface area contributed by atoms with Gasteiger partial charge in [0.15, 0.2) is 11.5 Å². The van der Waals surface area contributed by atoms with Crippen molar-refractivity contribution in [3.8, 4) is 11.5 Å². The summed E-state index contributed by atoms with van der Waals surface area (Å²) in [5, 5.41) is 12.9. The molecule has 1 saturated heterocycles. The topological polar surface area (TPSA) is 54.0 Å². The number of fused-ring (bicyclic) bond motifs is 1. The van der Waals surface area contributed by atoms with Crippen LogP contribution in [0, 0.1) is 0 Å². The molecular formula is C13H18N2O3. The molecule has 5 heteroatoms. The maximum absolute atomic E-state index is 9.59. The number of nitrogens with one attached hydrogen (secondary N) is 1. The smallest absolute Gasteiger partial charge is 0.184 e. The van der Waals surface area contributed by atoms with E-state index < -0.39 is 6.10 Å². The summed E-state index contributed by atoms with van der Waals surface area (Å²) in [5.41, 5.74) is 1.06. The average molecular weight is 250 g/mol. The largest absolute Gasteiger partial charge is 0.487 e. The molecule has 2 aliphatic heterocycles. The molecular weight excluding hydrogens is 232 g/mol. The maximum atomic E-state index is 9.59. The van der Waals surface area contributed by atoms with Crippen LogP contribution >= 0.6 is 0 Å². The lowest BCUT2D eigenvalue weighted by molar-refractivity contribution is 0.0802. The van der Waals surface area contributed by atoms with Crippen LogP contribution in [-0.4, -0.2) is 50.6 Å². The molecule has 1 unspecified atom stereocenters. The molecule has 0 spiro atoms. The fourth-order valence-corrected chi connectivity index (χ4v) is 2.33. The van der Waals surface area contributed by atoms with Crippen LogP contribution in [0.3, 0.4) is 0 Å². The Bertz CT molecular complexity index is 419. The average Bonchev–Trinajstić information content (AvgIpc) is 2.62. The van der Waals surface area contributed by atoms with Crippen LogP contribution in [0.5, 0.6) is 11.5 Å². The fraction of sp³-hybridized carbons (Fsp3) is 0.538. The van der Waals surface area contributed by atoms with Crippen LogP contribution in [0.4, 0.5) is 5.69 Å². The van der Waals surface area contributed by atoms with Gasteiger partial charge in [-0.05, 0) is 12.1 Å². The Labute approximate surface area is 106 Å². The highest BCUT2D eigenvalue weighted by atomic mass is 16.5. The van der Waals surface area contributed by atoms with E-state index in [4.69, 9.17) is 9.47 Å². The minimum absolute atomic E-state index is 0.288. The van der Waals surface area contributed by atoms with E-state index in [2.05, 4.69) is 10.2 Å². The molecule has 5 nitrogen and oxygen atoms in total. The second kappa shape index (κ2) is 5.04. The summed E-state index contributed by atoms with van der Waals surface area (Å²) in [6.07, 6.45) is -0.562. The third-order valence-corrected chi connectivity index (χ3v) is 3.27. The monoisotopic (exact) mass is 250 g/mol. The molecule has 1 aromatic rings. The lowest BCUT2D eigenvalue weighted by Crippen LogP contribution is -2.43. The van der Waals surface area contributed by atoms with Crippen LogP contribution < -0.4 is 19.7 Å². The van der Waals surface area contributed by atoms with Crippen LogP contribution in [0.15, 0.2) is 18.2 Å². The third kappa shape index (κ3) is 2.23. The molecule has 1 atom stereocenters. The predicted molar refractivity (Wildman–Crippen MR) is 68.5 cm³/mol. The van der Waals surface area contributed by atoms with E-state index in [1.807, 2.05) is 18.2 Å². The van der Waals surface area contributed by atoms with Gasteiger partial charge in [-0.25, -0.2) is 0 Å². The highest BCUT2D eigenvalue weighted by Crippen LogP contribution is 2.39. The molecule has 3 rings (SSSR count). The molecule has 2 aliphatic rings. The fourth-order valence-electron chi connectivity index (χ4n) is 2.33. The lowest BCUT2D eigenvalue weighted by atomic mass is 10.2. The zero-order valence-electron chi connectivity index (χ0n) is 10.3. The zero-order chi connectivity index (χ0) is 12.4. The van der Waals surface area contributed by atoms with Crippen molar-refractivity contribution in [2.45, 2.75) is 6.10 Å². The van der Waals surface area contributed by atoms with Gasteiger partial charge in [0.25, 0.3) is 0 Å². The van der Waals surface area contributed by atoms with Crippen LogP contribution in [0.25, 0.3) is 0 Å². The molecule has 0 radical (unpaired) electrons. The molecule has 0 amide bonds. The quantitative estimate of drug-likeness (QED) is 0.747. The van der Waals surface area contributed by atoms with Gasteiger partial charge in [0.1, 0.15) is 19.3 Å². The van der Waals surface area contributed by atoms with Crippen LogP contribution in [-0.2, 0) is 0 Å². The van der Waals surface area contributed by atoms with Gasteiger partial charge < -0.3 is 24.8 Å². The number of rotatable bonds is 1. The number of ether oxygens (including phenoxy) is 2. The number of anilines is 1. The van der Waals surface area contributed by atoms with Crippen molar-refractivity contribution in [3.63, 3.8) is 0 Å². The SMILES string of the molecule is OC1COc2cccc(N3CCNCC3)c2OC1. The standard InChI is InChI=1S/C13H18N2O3/c16-10-8-17-12-3-1-2-11(13(12)18-9-10)15-6-4-14-5-7-15/h1-3,10,14,16H,4-9H2. The molecule has 1 aromatic carbocycles. The van der Waals surface area contributed by atoms with E-state index in [1.165, 1.54) is 0 Å². The van der Waals surface area contributed by atoms with Gasteiger partial charge in [-0.2, -0.15) is 0 Å². The second-order valence-corrected chi connectivity index (χ2v) is 4.62. The normalized spacial score (nSPS) is 23.6. The molecule has 18 heavy (non-hydrogen) atoms. The number of nitrogens with zero attached hydrogens (tertiary/aromatic N) is 1. The Hall–Kier alpha value is -1.46. The maximum Gasteiger partial charge on any atom is 0.184 e. The zero-order valence-corrected chi connectivity index (χ0v) is 10.3. The number of aliphatic hydroxyl groups excluding tert-OH is 1. The summed E-state index contributed by atoms with van der Waals surface area (Å²) in [4.78, 5) is 2.29. The van der Waals surface area contributed by atoms with Gasteiger partial charge in [-0.1, -0.05) is 6.07 Å². The summed E-state index contributed by atoms with van der Waals surface area (Å²) in [6, 6.07) is 5.90. The summed E-state index contributed by atoms with van der Waals surface area (Å²) in [5.74, 6) is 1.48. The first kappa shape index (κ1) is 11.6. The highest BCUT2D eigenvalue weighted by Gasteiger charge is 2.22. The summed E-state index contributed by atoms with van der Waals surface area (Å²) in [7, 11) is 0. The Morgan fingerprint density at radius 1 is 1.17 bits per heavy atom. The number of hydrogen-bond donors (Lipinski definition) is 2. The lowest BCUT2D eigenvalue weighted by Gasteiger charge is -2.30. The summed E-state index contributed by atoms with van der Waals surface area (Å²) < 4.78 is 11.3. The minimum atomic E-state index is -0.562. The molecule has 0 aliphatic carbocycles. The van der Waals surface area contributed by atoms with E-state index in [0.717, 1.165) is 43.4 Å². The Kier molecular flexibility index (Phi) is 3.25. The van der Waals surface area contributed by atoms with Crippen molar-refractivity contribution < 1.29 is 14.6 Å². The first-order valence-corrected chi connectivity index (χ1v) is 6.37. The van der Waals surface area contributed by atoms with Crippen molar-refractivity contribution in [1.29, 1.82) is 0 Å². The number of benzene rings is 1. The molecule has 0 bridgehead atoms. The van der Waals surface area contributed by atoms with Gasteiger partial charge in [0, 0.05) is 26.2 Å². The van der Waals surface area contributed by atoms with Gasteiger partial charge in [0.2, 0.25) is 0 Å². The molecule has 0 aromatic heterocycles. The second-order valence-electron chi connectivity index (χ2n) is 4.62. The van der Waals surface area contributed by atoms with Gasteiger partial charge in [0.05, 0.1) is 5.69 Å². The van der Waals surface area contributed by atoms with E-state index in [-0.39, 0.29) is 13.2 Å². The van der Waals surface area contributed by atoms with Crippen molar-refractivity contribution in [3.05, 3.63) is 18.2 Å². The van der Waals surface area contributed by atoms with Crippen molar-refractivity contribution in [1.82, 2.24) is 5.32 Å². The Morgan fingerprint density at radius 3 is 2.78 bits per heavy atom. The minimum Gasteiger partial charge on any atom is -0.487 e. The first-order valence-electron chi connectivity index (χ1n) is 6.37. The van der Waals surface area contributed by atoms with E-state index >= 15 is 0 Å². The van der Waals surface area contributed by atoms with Crippen LogP contribution in [0.1, 0.15) is 0 Å². The molecule has 0 saturated carbocycles. The van der Waals surface area contributed by atoms with Crippen LogP contribution in [0.2, 0.25) is 0 Å². The van der Waals surface area contributed by atoms with Crippen molar-refractivity contribution in [2.24, 2.45) is 0 Å². The van der Waals surface area contributed by atoms with Crippen molar-refractivity contribution in [2.75, 3.05) is 44.3 Å². The molecule has 2 N–H and O–H groups in total. The predicted octanol–water partition coefficient (Wildman–Crippen LogP) is 0.228. The first-order chi connectivity index (χ1) is 8.84. The number of aliphatic hydroxyl groups is 1. The Balaban J connectivity index is 1.90.